The molecule has 1 aromatic rings. The summed E-state index contributed by atoms with van der Waals surface area (Å²) in [6, 6.07) is 10.9. The van der Waals surface area contributed by atoms with Crippen molar-refractivity contribution in [2.45, 2.75) is 69.9 Å². The highest BCUT2D eigenvalue weighted by atomic mass is 15.2. The van der Waals surface area contributed by atoms with Gasteiger partial charge >= 0.3 is 0 Å². The topological polar surface area (TPSA) is 27.3 Å². The minimum absolute atomic E-state index is 0.679. The van der Waals surface area contributed by atoms with E-state index in [9.17, 15) is 0 Å². The van der Waals surface area contributed by atoms with E-state index in [1.54, 1.807) is 0 Å². The lowest BCUT2D eigenvalue weighted by Gasteiger charge is -2.34. The molecule has 3 heterocycles. The van der Waals surface area contributed by atoms with E-state index in [2.05, 4.69) is 39.8 Å². The zero-order valence-corrected chi connectivity index (χ0v) is 15.7. The van der Waals surface area contributed by atoms with Crippen LogP contribution in [0, 0.1) is 5.92 Å². The maximum Gasteiger partial charge on any atom is 0.0351 e. The van der Waals surface area contributed by atoms with E-state index < -0.39 is 0 Å². The molecule has 1 aromatic carbocycles. The summed E-state index contributed by atoms with van der Waals surface area (Å²) in [5.74, 6) is 0.901. The number of nitrogens with zero attached hydrogens (tertiary/aromatic N) is 1. The number of hydrogen-bond donors (Lipinski definition) is 2. The Kier molecular flexibility index (Phi) is 5.94. The van der Waals surface area contributed by atoms with E-state index in [0.29, 0.717) is 6.04 Å². The molecule has 3 aliphatic heterocycles. The largest absolute Gasteiger partial charge is 0.385 e. The Bertz CT molecular complexity index is 521. The minimum atomic E-state index is 0.679. The van der Waals surface area contributed by atoms with Crippen LogP contribution in [0.15, 0.2) is 24.3 Å². The molecular formula is C22H35N3. The van der Waals surface area contributed by atoms with Gasteiger partial charge in [0.2, 0.25) is 0 Å². The standard InChI is InChI=1S/C22H35N3/c1-2-16-25-21(7-1)12-13-22(25)19-8-10-20(11-9-19)24-15-4-6-18-5-3-14-23-17-18/h8-11,18,21-24H,1-7,12-17H2. The maximum absolute atomic E-state index is 3.62. The van der Waals surface area contributed by atoms with Gasteiger partial charge in [-0.2, -0.15) is 0 Å². The molecule has 0 radical (unpaired) electrons. The molecule has 0 bridgehead atoms. The van der Waals surface area contributed by atoms with Gasteiger partial charge < -0.3 is 10.6 Å². The molecule has 0 aromatic heterocycles. The van der Waals surface area contributed by atoms with Gasteiger partial charge in [0.25, 0.3) is 0 Å². The van der Waals surface area contributed by atoms with Gasteiger partial charge in [-0.1, -0.05) is 18.6 Å². The molecule has 3 nitrogen and oxygen atoms in total. The average Bonchev–Trinajstić information content (AvgIpc) is 3.11. The fourth-order valence-corrected chi connectivity index (χ4v) is 5.23. The van der Waals surface area contributed by atoms with Crippen molar-refractivity contribution in [1.29, 1.82) is 0 Å². The van der Waals surface area contributed by atoms with Gasteiger partial charge in [-0.15, -0.1) is 0 Å². The number of fused-ring (bicyclic) bond motifs is 1. The number of anilines is 1. The normalized spacial score (nSPS) is 30.2. The van der Waals surface area contributed by atoms with Gasteiger partial charge in [-0.3, -0.25) is 4.90 Å². The molecule has 0 aliphatic carbocycles. The second kappa shape index (κ2) is 8.55. The van der Waals surface area contributed by atoms with E-state index in [1.165, 1.54) is 88.7 Å². The average molecular weight is 342 g/mol. The first-order valence-corrected chi connectivity index (χ1v) is 10.7. The van der Waals surface area contributed by atoms with E-state index in [0.717, 1.165) is 18.5 Å². The number of nitrogens with one attached hydrogen (secondary N) is 2. The Labute approximate surface area is 153 Å². The first-order chi connectivity index (χ1) is 12.4. The van der Waals surface area contributed by atoms with E-state index in [4.69, 9.17) is 0 Å². The Morgan fingerprint density at radius 3 is 2.76 bits per heavy atom. The van der Waals surface area contributed by atoms with Crippen LogP contribution < -0.4 is 10.6 Å². The highest BCUT2D eigenvalue weighted by Crippen LogP contribution is 2.40. The van der Waals surface area contributed by atoms with Crippen LogP contribution in [0.1, 0.15) is 69.4 Å². The van der Waals surface area contributed by atoms with E-state index in [-0.39, 0.29) is 0 Å². The van der Waals surface area contributed by atoms with Crippen LogP contribution in [-0.4, -0.2) is 37.1 Å². The fourth-order valence-electron chi connectivity index (χ4n) is 5.23. The van der Waals surface area contributed by atoms with Crippen molar-refractivity contribution < 1.29 is 0 Å². The van der Waals surface area contributed by atoms with Gasteiger partial charge in [-0.05, 0) is 94.6 Å². The summed E-state index contributed by atoms with van der Waals surface area (Å²) < 4.78 is 0. The lowest BCUT2D eigenvalue weighted by molar-refractivity contribution is 0.150. The van der Waals surface area contributed by atoms with Crippen LogP contribution in [0.25, 0.3) is 0 Å². The molecular weight excluding hydrogens is 306 g/mol. The van der Waals surface area contributed by atoms with Gasteiger partial charge in [0.1, 0.15) is 0 Å². The van der Waals surface area contributed by atoms with Gasteiger partial charge in [0.15, 0.2) is 0 Å². The smallest absolute Gasteiger partial charge is 0.0351 e. The van der Waals surface area contributed by atoms with Crippen molar-refractivity contribution in [3.05, 3.63) is 29.8 Å². The van der Waals surface area contributed by atoms with Gasteiger partial charge in [-0.25, -0.2) is 0 Å². The molecule has 4 rings (SSSR count). The minimum Gasteiger partial charge on any atom is -0.385 e. The van der Waals surface area contributed by atoms with Crippen molar-refractivity contribution in [3.63, 3.8) is 0 Å². The summed E-state index contributed by atoms with van der Waals surface area (Å²) in [5, 5.41) is 7.15. The molecule has 3 aliphatic rings. The highest BCUT2D eigenvalue weighted by molar-refractivity contribution is 5.45. The van der Waals surface area contributed by atoms with Crippen LogP contribution >= 0.6 is 0 Å². The molecule has 2 N–H and O–H groups in total. The van der Waals surface area contributed by atoms with Crippen LogP contribution in [0.2, 0.25) is 0 Å². The number of rotatable bonds is 6. The predicted octanol–water partition coefficient (Wildman–Crippen LogP) is 4.57. The van der Waals surface area contributed by atoms with Crippen LogP contribution in [0.3, 0.4) is 0 Å². The molecule has 0 amide bonds. The Hall–Kier alpha value is -1.06. The van der Waals surface area contributed by atoms with Crippen molar-refractivity contribution in [2.24, 2.45) is 5.92 Å². The molecule has 3 fully saturated rings. The van der Waals surface area contributed by atoms with Crippen molar-refractivity contribution in [1.82, 2.24) is 10.2 Å². The molecule has 25 heavy (non-hydrogen) atoms. The summed E-state index contributed by atoms with van der Waals surface area (Å²) in [4.78, 5) is 2.78. The molecule has 0 saturated carbocycles. The molecule has 3 saturated heterocycles. The summed E-state index contributed by atoms with van der Waals surface area (Å²) in [6.07, 6.45) is 12.4. The van der Waals surface area contributed by atoms with Crippen LogP contribution in [0.5, 0.6) is 0 Å². The Morgan fingerprint density at radius 2 is 1.92 bits per heavy atom. The number of hydrogen-bond acceptors (Lipinski definition) is 3. The SMILES string of the molecule is c1cc(C2CCC3CCCCN32)ccc1NCCCC1CCCNC1. The molecule has 138 valence electrons. The number of benzene rings is 1. The third-order valence-corrected chi connectivity index (χ3v) is 6.66. The summed E-state index contributed by atoms with van der Waals surface area (Å²) in [7, 11) is 0. The van der Waals surface area contributed by atoms with E-state index >= 15 is 0 Å². The fraction of sp³-hybridized carbons (Fsp3) is 0.727. The predicted molar refractivity (Wildman–Crippen MR) is 106 cm³/mol. The van der Waals surface area contributed by atoms with Crippen molar-refractivity contribution in [2.75, 3.05) is 31.5 Å². The summed E-state index contributed by atoms with van der Waals surface area (Å²) in [6.45, 7) is 4.87. The van der Waals surface area contributed by atoms with Gasteiger partial charge in [0, 0.05) is 24.3 Å². The molecule has 3 heteroatoms. The molecule has 3 unspecified atom stereocenters. The van der Waals surface area contributed by atoms with Gasteiger partial charge in [0.05, 0.1) is 0 Å². The summed E-state index contributed by atoms with van der Waals surface area (Å²) >= 11 is 0. The zero-order chi connectivity index (χ0) is 16.9. The lowest BCUT2D eigenvalue weighted by atomic mass is 9.95. The third-order valence-electron chi connectivity index (χ3n) is 6.66. The van der Waals surface area contributed by atoms with Crippen LogP contribution in [0.4, 0.5) is 5.69 Å². The quantitative estimate of drug-likeness (QED) is 0.742. The first kappa shape index (κ1) is 17.4. The van der Waals surface area contributed by atoms with Crippen molar-refractivity contribution >= 4 is 5.69 Å². The second-order valence-corrected chi connectivity index (χ2v) is 8.38. The lowest BCUT2D eigenvalue weighted by Crippen LogP contribution is -2.35. The zero-order valence-electron chi connectivity index (χ0n) is 15.7. The maximum atomic E-state index is 3.62. The molecule has 0 spiro atoms. The first-order valence-electron chi connectivity index (χ1n) is 10.7. The Morgan fingerprint density at radius 1 is 1.00 bits per heavy atom. The molecule has 3 atom stereocenters. The number of piperidine rings is 2. The van der Waals surface area contributed by atoms with Crippen LogP contribution in [-0.2, 0) is 0 Å². The summed E-state index contributed by atoms with van der Waals surface area (Å²) in [5.41, 5.74) is 2.82. The highest BCUT2D eigenvalue weighted by Gasteiger charge is 2.35. The Balaban J connectivity index is 1.23. The van der Waals surface area contributed by atoms with E-state index in [1.807, 2.05) is 0 Å². The third kappa shape index (κ3) is 4.38. The monoisotopic (exact) mass is 341 g/mol. The van der Waals surface area contributed by atoms with Crippen molar-refractivity contribution in [3.8, 4) is 0 Å². The second-order valence-electron chi connectivity index (χ2n) is 8.38.